The molecule has 15 heavy (non-hydrogen) atoms. The average Bonchev–Trinajstić information content (AvgIpc) is 2.27. The summed E-state index contributed by atoms with van der Waals surface area (Å²) in [7, 11) is 2.26. The van der Waals surface area contributed by atoms with Crippen LogP contribution in [-0.2, 0) is 0 Å². The van der Waals surface area contributed by atoms with Crippen LogP contribution in [0.3, 0.4) is 0 Å². The van der Waals surface area contributed by atoms with Crippen molar-refractivity contribution in [3.8, 4) is 0 Å². The topological polar surface area (TPSA) is 29.3 Å². The van der Waals surface area contributed by atoms with Gasteiger partial charge in [-0.2, -0.15) is 0 Å². The second-order valence-corrected chi connectivity index (χ2v) is 5.59. The zero-order valence-corrected chi connectivity index (χ0v) is 10.9. The van der Waals surface area contributed by atoms with E-state index in [4.69, 9.17) is 5.73 Å². The number of nitrogens with two attached hydrogens (primary N) is 1. The molecule has 0 aromatic rings. The maximum atomic E-state index is 5.92. The molecule has 0 spiro atoms. The summed E-state index contributed by atoms with van der Waals surface area (Å²) in [5, 5.41) is 0. The van der Waals surface area contributed by atoms with Crippen molar-refractivity contribution in [2.24, 2.45) is 11.7 Å². The van der Waals surface area contributed by atoms with Crippen molar-refractivity contribution in [1.82, 2.24) is 4.90 Å². The minimum absolute atomic E-state index is 0.196. The first-order valence-corrected chi connectivity index (χ1v) is 6.46. The fourth-order valence-corrected chi connectivity index (χ4v) is 2.73. The molecule has 0 aromatic carbocycles. The van der Waals surface area contributed by atoms with Crippen molar-refractivity contribution in [1.29, 1.82) is 0 Å². The Balaban J connectivity index is 2.61. The lowest BCUT2D eigenvalue weighted by Gasteiger charge is -2.45. The van der Waals surface area contributed by atoms with Gasteiger partial charge in [0.1, 0.15) is 0 Å². The smallest absolute Gasteiger partial charge is 0.0300 e. The van der Waals surface area contributed by atoms with Gasteiger partial charge < -0.3 is 5.73 Å². The Bertz CT molecular complexity index is 187. The second kappa shape index (κ2) is 5.31. The lowest BCUT2D eigenvalue weighted by molar-refractivity contribution is 0.0562. The van der Waals surface area contributed by atoms with E-state index in [0.29, 0.717) is 0 Å². The van der Waals surface area contributed by atoms with E-state index < -0.39 is 0 Å². The molecule has 2 heteroatoms. The number of hydrogen-bond donors (Lipinski definition) is 1. The first-order chi connectivity index (χ1) is 7.03. The standard InChI is InChI=1S/C13H28N2/c1-5-13(3,10-14)15(4)12-8-6-7-11(2)9-12/h11-12H,5-10,14H2,1-4H3. The molecule has 0 radical (unpaired) electrons. The van der Waals surface area contributed by atoms with Crippen LogP contribution in [-0.4, -0.2) is 30.1 Å². The van der Waals surface area contributed by atoms with E-state index >= 15 is 0 Å². The molecule has 1 rings (SSSR count). The van der Waals surface area contributed by atoms with Crippen LogP contribution in [0.15, 0.2) is 0 Å². The molecule has 3 unspecified atom stereocenters. The van der Waals surface area contributed by atoms with Gasteiger partial charge in [0.2, 0.25) is 0 Å². The lowest BCUT2D eigenvalue weighted by Crippen LogP contribution is -2.54. The van der Waals surface area contributed by atoms with E-state index in [1.165, 1.54) is 25.7 Å². The third-order valence-electron chi connectivity index (χ3n) is 4.51. The van der Waals surface area contributed by atoms with Gasteiger partial charge in [0, 0.05) is 18.1 Å². The number of likely N-dealkylation sites (N-methyl/N-ethyl adjacent to an activating group) is 1. The summed E-state index contributed by atoms with van der Waals surface area (Å²) in [6.07, 6.45) is 6.66. The molecule has 3 atom stereocenters. The van der Waals surface area contributed by atoms with E-state index in [9.17, 15) is 0 Å². The largest absolute Gasteiger partial charge is 0.329 e. The molecular weight excluding hydrogens is 184 g/mol. The van der Waals surface area contributed by atoms with E-state index in [0.717, 1.165) is 24.9 Å². The van der Waals surface area contributed by atoms with Crippen LogP contribution < -0.4 is 5.73 Å². The fourth-order valence-electron chi connectivity index (χ4n) is 2.73. The molecule has 1 fully saturated rings. The van der Waals surface area contributed by atoms with Crippen LogP contribution in [0.5, 0.6) is 0 Å². The Morgan fingerprint density at radius 2 is 2.07 bits per heavy atom. The van der Waals surface area contributed by atoms with Gasteiger partial charge in [0.25, 0.3) is 0 Å². The fraction of sp³-hybridized carbons (Fsp3) is 1.00. The van der Waals surface area contributed by atoms with Gasteiger partial charge in [0.15, 0.2) is 0 Å². The Morgan fingerprint density at radius 1 is 1.40 bits per heavy atom. The average molecular weight is 212 g/mol. The summed E-state index contributed by atoms with van der Waals surface area (Å²) in [6, 6.07) is 0.752. The van der Waals surface area contributed by atoms with Crippen LogP contribution >= 0.6 is 0 Å². The highest BCUT2D eigenvalue weighted by Crippen LogP contribution is 2.31. The maximum absolute atomic E-state index is 5.92. The quantitative estimate of drug-likeness (QED) is 0.776. The van der Waals surface area contributed by atoms with Gasteiger partial charge >= 0.3 is 0 Å². The normalized spacial score (nSPS) is 31.6. The Hall–Kier alpha value is -0.0800. The van der Waals surface area contributed by atoms with Gasteiger partial charge in [0.05, 0.1) is 0 Å². The van der Waals surface area contributed by atoms with Crippen molar-refractivity contribution in [3.63, 3.8) is 0 Å². The molecule has 1 aliphatic carbocycles. The first-order valence-electron chi connectivity index (χ1n) is 6.46. The second-order valence-electron chi connectivity index (χ2n) is 5.59. The van der Waals surface area contributed by atoms with Crippen LogP contribution in [0.4, 0.5) is 0 Å². The Kier molecular flexibility index (Phi) is 4.60. The molecule has 0 aromatic heterocycles. The van der Waals surface area contributed by atoms with Crippen molar-refractivity contribution >= 4 is 0 Å². The van der Waals surface area contributed by atoms with Gasteiger partial charge in [-0.1, -0.05) is 26.7 Å². The van der Waals surface area contributed by atoms with Gasteiger partial charge in [-0.15, -0.1) is 0 Å². The molecule has 0 saturated heterocycles. The predicted molar refractivity (Wildman–Crippen MR) is 66.9 cm³/mol. The van der Waals surface area contributed by atoms with Crippen LogP contribution in [0.2, 0.25) is 0 Å². The first kappa shape index (κ1) is 13.0. The molecule has 1 saturated carbocycles. The van der Waals surface area contributed by atoms with Gasteiger partial charge in [-0.25, -0.2) is 0 Å². The molecule has 0 heterocycles. The van der Waals surface area contributed by atoms with E-state index in [-0.39, 0.29) is 5.54 Å². The zero-order valence-electron chi connectivity index (χ0n) is 10.9. The molecule has 0 aliphatic heterocycles. The van der Waals surface area contributed by atoms with E-state index in [2.05, 4.69) is 32.7 Å². The maximum Gasteiger partial charge on any atom is 0.0300 e. The molecule has 2 nitrogen and oxygen atoms in total. The summed E-state index contributed by atoms with van der Waals surface area (Å²) >= 11 is 0. The molecule has 90 valence electrons. The van der Waals surface area contributed by atoms with Gasteiger partial charge in [-0.3, -0.25) is 4.90 Å². The highest BCUT2D eigenvalue weighted by atomic mass is 15.2. The summed E-state index contributed by atoms with van der Waals surface area (Å²) < 4.78 is 0. The number of nitrogens with zero attached hydrogens (tertiary/aromatic N) is 1. The molecule has 0 amide bonds. The summed E-state index contributed by atoms with van der Waals surface area (Å²) in [5.74, 6) is 0.894. The summed E-state index contributed by atoms with van der Waals surface area (Å²) in [4.78, 5) is 2.54. The third-order valence-corrected chi connectivity index (χ3v) is 4.51. The summed E-state index contributed by atoms with van der Waals surface area (Å²) in [5.41, 5.74) is 6.11. The zero-order chi connectivity index (χ0) is 11.5. The molecule has 1 aliphatic rings. The van der Waals surface area contributed by atoms with Crippen LogP contribution in [0.25, 0.3) is 0 Å². The van der Waals surface area contributed by atoms with Crippen molar-refractivity contribution in [3.05, 3.63) is 0 Å². The third kappa shape index (κ3) is 2.94. The minimum Gasteiger partial charge on any atom is -0.329 e. The van der Waals surface area contributed by atoms with E-state index in [1.807, 2.05) is 0 Å². The number of rotatable bonds is 4. The van der Waals surface area contributed by atoms with Gasteiger partial charge in [-0.05, 0) is 39.2 Å². The minimum atomic E-state index is 0.196. The predicted octanol–water partition coefficient (Wildman–Crippen LogP) is 2.62. The monoisotopic (exact) mass is 212 g/mol. The number of hydrogen-bond acceptors (Lipinski definition) is 2. The van der Waals surface area contributed by atoms with Crippen LogP contribution in [0.1, 0.15) is 52.9 Å². The highest BCUT2D eigenvalue weighted by Gasteiger charge is 2.32. The lowest BCUT2D eigenvalue weighted by atomic mass is 9.83. The Morgan fingerprint density at radius 3 is 2.53 bits per heavy atom. The molecular formula is C13H28N2. The summed E-state index contributed by atoms with van der Waals surface area (Å²) in [6.45, 7) is 7.69. The highest BCUT2D eigenvalue weighted by molar-refractivity contribution is 4.90. The Labute approximate surface area is 95.2 Å². The van der Waals surface area contributed by atoms with E-state index in [1.54, 1.807) is 0 Å². The van der Waals surface area contributed by atoms with Crippen molar-refractivity contribution < 1.29 is 0 Å². The molecule has 0 bridgehead atoms. The molecule has 2 N–H and O–H groups in total. The van der Waals surface area contributed by atoms with Crippen LogP contribution in [0, 0.1) is 5.92 Å². The SMILES string of the molecule is CCC(C)(CN)N(C)C1CCCC(C)C1. The van der Waals surface area contributed by atoms with Crippen molar-refractivity contribution in [2.75, 3.05) is 13.6 Å². The van der Waals surface area contributed by atoms with Crippen molar-refractivity contribution in [2.45, 2.75) is 64.5 Å².